The average Bonchev–Trinajstić information content (AvgIpc) is 4.30. The third kappa shape index (κ3) is 10.5. The van der Waals surface area contributed by atoms with Crippen LogP contribution in [0.3, 0.4) is 0 Å². The molecule has 2 aliphatic carbocycles. The Morgan fingerprint density at radius 3 is 0.987 bits per heavy atom. The first-order chi connectivity index (χ1) is 36.3. The highest BCUT2D eigenvalue weighted by Crippen LogP contribution is 2.67. The molecule has 0 saturated heterocycles. The average molecular weight is 1180 g/mol. The largest absolute Gasteiger partial charge is 0.456 e. The maximum Gasteiger partial charge on any atom is 0.380 e. The van der Waals surface area contributed by atoms with Gasteiger partial charge in [0, 0.05) is 86.7 Å². The number of allylic oxidation sites excluding steroid dienone is 4. The Morgan fingerprint density at radius 2 is 0.679 bits per heavy atom. The number of aryl methyl sites for hydroxylation is 4. The standard InChI is InChI=1S/2C27H22F6O4S2/c1-13(34)16-5-7-17(8-6-16)24(35)37-12-19-10-21(15(3)39-19)23-22(20-9-18(11-36-4)38-14(20)2)25(28,29)27(32,33)26(23,30)31;1-13(34)16-6-5-7-17(8-16)24(35)37-12-19-10-21(15(3)39-19)23-22(20-9-18(11-36-4)38-14(20)2)25(28,29)27(32,33)26(23,30)31/h2*5-10H,11-12H2,1-4H3. The zero-order valence-electron chi connectivity index (χ0n) is 42.2. The van der Waals surface area contributed by atoms with E-state index in [0.717, 1.165) is 57.5 Å². The summed E-state index contributed by atoms with van der Waals surface area (Å²) in [5.41, 5.74) is -6.63. The van der Waals surface area contributed by atoms with Crippen LogP contribution in [-0.2, 0) is 45.4 Å². The van der Waals surface area contributed by atoms with Gasteiger partial charge in [0.05, 0.1) is 24.3 Å². The number of benzene rings is 2. The predicted octanol–water partition coefficient (Wildman–Crippen LogP) is 15.9. The van der Waals surface area contributed by atoms with Gasteiger partial charge in [-0.05, 0) is 112 Å². The minimum absolute atomic E-state index is 0.00303. The van der Waals surface area contributed by atoms with Crippen LogP contribution in [0, 0.1) is 27.7 Å². The molecule has 6 aromatic rings. The maximum atomic E-state index is 15.2. The van der Waals surface area contributed by atoms with Gasteiger partial charge in [0.15, 0.2) is 11.6 Å². The summed E-state index contributed by atoms with van der Waals surface area (Å²) in [5, 5.41) is 0. The molecule has 4 aromatic heterocycles. The number of alkyl halides is 12. The van der Waals surface area contributed by atoms with Gasteiger partial charge in [-0.1, -0.05) is 24.3 Å². The third-order valence-corrected chi connectivity index (χ3v) is 16.7. The van der Waals surface area contributed by atoms with Crippen molar-refractivity contribution in [1.29, 1.82) is 0 Å². The summed E-state index contributed by atoms with van der Waals surface area (Å²) >= 11 is 3.70. The number of methoxy groups -OCH3 is 2. The molecule has 2 aliphatic rings. The number of halogens is 12. The van der Waals surface area contributed by atoms with Crippen LogP contribution in [0.5, 0.6) is 0 Å². The first-order valence-electron chi connectivity index (χ1n) is 23.0. The van der Waals surface area contributed by atoms with Crippen LogP contribution in [0.25, 0.3) is 22.3 Å². The number of hydrogen-bond acceptors (Lipinski definition) is 12. The summed E-state index contributed by atoms with van der Waals surface area (Å²) in [5.74, 6) is -34.1. The van der Waals surface area contributed by atoms with E-state index in [1.165, 1.54) is 116 Å². The fourth-order valence-corrected chi connectivity index (χ4v) is 12.7. The number of esters is 2. The van der Waals surface area contributed by atoms with Gasteiger partial charge < -0.3 is 18.9 Å². The van der Waals surface area contributed by atoms with Crippen molar-refractivity contribution in [2.24, 2.45) is 0 Å². The van der Waals surface area contributed by atoms with Crippen LogP contribution in [0.15, 0.2) is 72.8 Å². The Bertz CT molecular complexity index is 3400. The lowest BCUT2D eigenvalue weighted by Crippen LogP contribution is -2.48. The Kier molecular flexibility index (Phi) is 16.8. The quantitative estimate of drug-likeness (QED) is 0.0536. The number of ether oxygens (including phenoxy) is 4. The fraction of sp³-hybridized carbons (Fsp3) is 0.333. The number of ketones is 2. The second-order valence-electron chi connectivity index (χ2n) is 18.0. The Balaban J connectivity index is 0.000000226. The van der Waals surface area contributed by atoms with Gasteiger partial charge in [-0.25, -0.2) is 9.59 Å². The van der Waals surface area contributed by atoms with Crippen molar-refractivity contribution in [2.75, 3.05) is 14.2 Å². The molecule has 0 atom stereocenters. The number of thiophene rings is 4. The number of Topliss-reactive ketones (excluding diaryl/α,β-unsaturated/α-hetero) is 2. The SMILES string of the molecule is COCc1cc(C2=C(c3cc(COC(=O)c4ccc(C(C)=O)cc4)sc3C)C(F)(F)C(F)(F)C2(F)F)c(C)s1.COCc1cc(C2=C(c3cc(COC(=O)c4cccc(C(C)=O)c4)sc3C)C(F)(F)C(F)(F)C2(F)F)c(C)s1. The van der Waals surface area contributed by atoms with Crippen molar-refractivity contribution in [2.45, 2.75) is 104 Å². The third-order valence-electron chi connectivity index (χ3n) is 12.6. The minimum Gasteiger partial charge on any atom is -0.456 e. The maximum absolute atomic E-state index is 15.2. The summed E-state index contributed by atoms with van der Waals surface area (Å²) in [4.78, 5) is 49.5. The van der Waals surface area contributed by atoms with Gasteiger partial charge >= 0.3 is 47.5 Å². The predicted molar refractivity (Wildman–Crippen MR) is 272 cm³/mol. The van der Waals surface area contributed by atoms with Crippen LogP contribution in [0.4, 0.5) is 52.7 Å². The van der Waals surface area contributed by atoms with Crippen molar-refractivity contribution >= 4 is 91.1 Å². The van der Waals surface area contributed by atoms with E-state index in [4.69, 9.17) is 18.9 Å². The normalized spacial score (nSPS) is 17.5. The minimum atomic E-state index is -5.68. The van der Waals surface area contributed by atoms with Gasteiger partial charge in [-0.2, -0.15) is 52.7 Å². The number of hydrogen-bond donors (Lipinski definition) is 0. The van der Waals surface area contributed by atoms with E-state index >= 15 is 35.1 Å². The van der Waals surface area contributed by atoms with Crippen molar-refractivity contribution in [3.8, 4) is 0 Å². The molecule has 4 heterocycles. The van der Waals surface area contributed by atoms with E-state index in [0.29, 0.717) is 15.3 Å². The molecule has 0 amide bonds. The van der Waals surface area contributed by atoms with Gasteiger partial charge in [-0.3, -0.25) is 9.59 Å². The van der Waals surface area contributed by atoms with Crippen LogP contribution >= 0.6 is 45.3 Å². The molecule has 0 spiro atoms. The van der Waals surface area contributed by atoms with Crippen molar-refractivity contribution in [3.05, 3.63) is 156 Å². The molecule has 0 aliphatic heterocycles. The first kappa shape index (κ1) is 59.7. The lowest BCUT2D eigenvalue weighted by Gasteiger charge is -2.25. The Hall–Kier alpha value is -5.92. The van der Waals surface area contributed by atoms with Crippen molar-refractivity contribution in [1.82, 2.24) is 0 Å². The monoisotopic (exact) mass is 1180 g/mol. The number of carbonyl (C=O) groups is 4. The molecule has 0 radical (unpaired) electrons. The zero-order chi connectivity index (χ0) is 57.8. The summed E-state index contributed by atoms with van der Waals surface area (Å²) in [6, 6.07) is 15.9. The Morgan fingerprint density at radius 1 is 0.397 bits per heavy atom. The molecule has 24 heteroatoms. The molecule has 0 N–H and O–H groups in total. The van der Waals surface area contributed by atoms with Gasteiger partial charge in [0.1, 0.15) is 13.2 Å². The lowest BCUT2D eigenvalue weighted by atomic mass is 9.95. The second kappa shape index (κ2) is 22.0. The van der Waals surface area contributed by atoms with Crippen molar-refractivity contribution in [3.63, 3.8) is 0 Å². The number of rotatable bonds is 16. The molecule has 8 nitrogen and oxygen atoms in total. The summed E-state index contributed by atoms with van der Waals surface area (Å²) in [6.45, 7) is 7.31. The summed E-state index contributed by atoms with van der Waals surface area (Å²) in [6.07, 6.45) is 0. The Labute approximate surface area is 453 Å². The molecule has 0 unspecified atom stereocenters. The van der Waals surface area contributed by atoms with E-state index in [2.05, 4.69) is 0 Å². The number of carbonyl (C=O) groups excluding carboxylic acids is 4. The molecule has 2 aromatic carbocycles. The molecule has 0 saturated carbocycles. The van der Waals surface area contributed by atoms with E-state index < -0.39 is 105 Å². The zero-order valence-corrected chi connectivity index (χ0v) is 45.5. The smallest absolute Gasteiger partial charge is 0.380 e. The van der Waals surface area contributed by atoms with E-state index in [-0.39, 0.29) is 70.7 Å². The first-order valence-corrected chi connectivity index (χ1v) is 26.2. The molecule has 416 valence electrons. The van der Waals surface area contributed by atoms with E-state index in [1.54, 1.807) is 0 Å². The molecule has 8 rings (SSSR count). The molecular weight excluding hydrogens is 1130 g/mol. The van der Waals surface area contributed by atoms with Gasteiger partial charge in [0.2, 0.25) is 0 Å². The van der Waals surface area contributed by atoms with E-state index in [9.17, 15) is 36.7 Å². The topological polar surface area (TPSA) is 105 Å². The molecule has 0 fully saturated rings. The second-order valence-corrected chi connectivity index (χ2v) is 23.3. The lowest BCUT2D eigenvalue weighted by molar-refractivity contribution is -0.254. The molecular formula is C54H44F12O8S4. The summed E-state index contributed by atoms with van der Waals surface area (Å²) in [7, 11) is 2.71. The van der Waals surface area contributed by atoms with Crippen LogP contribution in [-0.4, -0.2) is 73.3 Å². The molecule has 78 heavy (non-hydrogen) atoms. The highest BCUT2D eigenvalue weighted by atomic mass is 32.1. The van der Waals surface area contributed by atoms with Gasteiger partial charge in [-0.15, -0.1) is 45.3 Å². The molecule has 0 bridgehead atoms. The van der Waals surface area contributed by atoms with Crippen LogP contribution in [0.2, 0.25) is 0 Å². The highest BCUT2D eigenvalue weighted by Gasteiger charge is 2.81. The highest BCUT2D eigenvalue weighted by molar-refractivity contribution is 7.13. The van der Waals surface area contributed by atoms with Crippen LogP contribution in [0.1, 0.15) is 117 Å². The van der Waals surface area contributed by atoms with Crippen molar-refractivity contribution < 1.29 is 90.8 Å². The summed E-state index contributed by atoms with van der Waals surface area (Å²) < 4.78 is 200. The van der Waals surface area contributed by atoms with Gasteiger partial charge in [0.25, 0.3) is 0 Å². The fourth-order valence-electron chi connectivity index (χ4n) is 8.75. The van der Waals surface area contributed by atoms with Crippen LogP contribution < -0.4 is 0 Å². The van der Waals surface area contributed by atoms with E-state index in [1.807, 2.05) is 0 Å².